The van der Waals surface area contributed by atoms with Gasteiger partial charge in [0.1, 0.15) is 0 Å². The van der Waals surface area contributed by atoms with E-state index < -0.39 is 0 Å². The minimum absolute atomic E-state index is 0.299. The Labute approximate surface area is 151 Å². The highest BCUT2D eigenvalue weighted by Crippen LogP contribution is 2.24. The van der Waals surface area contributed by atoms with E-state index in [2.05, 4.69) is 31.7 Å². The maximum absolute atomic E-state index is 9.88. The number of aliphatic hydroxyl groups excluding tert-OH is 1. The third-order valence-corrected chi connectivity index (χ3v) is 5.45. The van der Waals surface area contributed by atoms with Gasteiger partial charge in [0.2, 0.25) is 5.95 Å². The van der Waals surface area contributed by atoms with Crippen LogP contribution in [-0.4, -0.2) is 76.8 Å². The van der Waals surface area contributed by atoms with Crippen LogP contribution in [0.25, 0.3) is 0 Å². The van der Waals surface area contributed by atoms with Crippen LogP contribution in [0.2, 0.25) is 0 Å². The summed E-state index contributed by atoms with van der Waals surface area (Å²) in [5, 5.41) is 9.88. The van der Waals surface area contributed by atoms with Crippen molar-refractivity contribution in [2.24, 2.45) is 0 Å². The number of aliphatic hydroxyl groups is 1. The van der Waals surface area contributed by atoms with Gasteiger partial charge in [-0.15, -0.1) is 0 Å². The highest BCUT2D eigenvalue weighted by atomic mass is 16.3. The molecule has 1 unspecified atom stereocenters. The van der Waals surface area contributed by atoms with Crippen LogP contribution in [0.1, 0.15) is 44.6 Å². The first-order valence-electron chi connectivity index (χ1n) is 9.78. The van der Waals surface area contributed by atoms with E-state index in [0.717, 1.165) is 50.8 Å². The Bertz CT molecular complexity index is 507. The van der Waals surface area contributed by atoms with Crippen molar-refractivity contribution in [2.45, 2.75) is 57.7 Å². The average molecular weight is 348 g/mol. The molecule has 140 valence electrons. The van der Waals surface area contributed by atoms with E-state index in [0.29, 0.717) is 6.04 Å². The second-order valence-corrected chi connectivity index (χ2v) is 7.75. The number of aromatic nitrogens is 2. The van der Waals surface area contributed by atoms with E-state index in [4.69, 9.17) is 0 Å². The van der Waals surface area contributed by atoms with Crippen molar-refractivity contribution in [2.75, 3.05) is 44.7 Å². The molecule has 6 heteroatoms. The molecule has 1 aromatic heterocycles. The Balaban J connectivity index is 1.61. The van der Waals surface area contributed by atoms with E-state index in [9.17, 15) is 5.11 Å². The molecule has 1 aliphatic heterocycles. The van der Waals surface area contributed by atoms with Crippen LogP contribution in [-0.2, 0) is 6.54 Å². The Morgan fingerprint density at radius 3 is 2.36 bits per heavy atom. The SMILES string of the molecule is CC(O)CN(Cc1cnc(N2CCN(C)CC2)nc1)C1CCCCC1. The van der Waals surface area contributed by atoms with Gasteiger partial charge in [0.05, 0.1) is 6.10 Å². The van der Waals surface area contributed by atoms with E-state index in [1.807, 2.05) is 19.3 Å². The van der Waals surface area contributed by atoms with Gasteiger partial charge in [0.25, 0.3) is 0 Å². The molecule has 2 heterocycles. The van der Waals surface area contributed by atoms with Crippen molar-refractivity contribution < 1.29 is 5.11 Å². The van der Waals surface area contributed by atoms with Crippen molar-refractivity contribution in [1.82, 2.24) is 19.8 Å². The van der Waals surface area contributed by atoms with Gasteiger partial charge in [-0.05, 0) is 26.8 Å². The van der Waals surface area contributed by atoms with Crippen LogP contribution in [0.3, 0.4) is 0 Å². The number of anilines is 1. The fourth-order valence-corrected chi connectivity index (χ4v) is 3.96. The third-order valence-electron chi connectivity index (χ3n) is 5.45. The van der Waals surface area contributed by atoms with Crippen LogP contribution in [0.4, 0.5) is 5.95 Å². The zero-order valence-corrected chi connectivity index (χ0v) is 15.8. The summed E-state index contributed by atoms with van der Waals surface area (Å²) < 4.78 is 0. The predicted octanol–water partition coefficient (Wildman–Crippen LogP) is 1.74. The highest BCUT2D eigenvalue weighted by Gasteiger charge is 2.23. The van der Waals surface area contributed by atoms with E-state index in [1.54, 1.807) is 0 Å². The molecule has 1 aliphatic carbocycles. The Morgan fingerprint density at radius 1 is 1.12 bits per heavy atom. The predicted molar refractivity (Wildman–Crippen MR) is 101 cm³/mol. The third kappa shape index (κ3) is 5.36. The molecule has 25 heavy (non-hydrogen) atoms. The summed E-state index contributed by atoms with van der Waals surface area (Å²) in [5.74, 6) is 0.844. The summed E-state index contributed by atoms with van der Waals surface area (Å²) in [6, 6.07) is 0.584. The maximum atomic E-state index is 9.88. The lowest BCUT2D eigenvalue weighted by molar-refractivity contribution is 0.0767. The first kappa shape index (κ1) is 18.5. The molecule has 0 bridgehead atoms. The standard InChI is InChI=1S/C19H33N5O/c1-16(25)14-24(18-6-4-3-5-7-18)15-17-12-20-19(21-13-17)23-10-8-22(2)9-11-23/h12-13,16,18,25H,3-11,14-15H2,1-2H3. The highest BCUT2D eigenvalue weighted by molar-refractivity contribution is 5.30. The van der Waals surface area contributed by atoms with Crippen molar-refractivity contribution >= 4 is 5.95 Å². The lowest BCUT2D eigenvalue weighted by Crippen LogP contribution is -2.45. The Hall–Kier alpha value is -1.24. The van der Waals surface area contributed by atoms with Gasteiger partial charge < -0.3 is 14.9 Å². The minimum Gasteiger partial charge on any atom is -0.392 e. The maximum Gasteiger partial charge on any atom is 0.225 e. The molecule has 0 spiro atoms. The van der Waals surface area contributed by atoms with Crippen LogP contribution in [0.15, 0.2) is 12.4 Å². The summed E-state index contributed by atoms with van der Waals surface area (Å²) in [7, 11) is 2.16. The van der Waals surface area contributed by atoms with Crippen molar-refractivity contribution in [3.8, 4) is 0 Å². The largest absolute Gasteiger partial charge is 0.392 e. The van der Waals surface area contributed by atoms with Gasteiger partial charge in [-0.2, -0.15) is 0 Å². The number of rotatable bonds is 6. The fraction of sp³-hybridized carbons (Fsp3) is 0.789. The number of likely N-dealkylation sites (N-methyl/N-ethyl adjacent to an activating group) is 1. The van der Waals surface area contributed by atoms with Gasteiger partial charge in [-0.1, -0.05) is 19.3 Å². The van der Waals surface area contributed by atoms with E-state index >= 15 is 0 Å². The summed E-state index contributed by atoms with van der Waals surface area (Å²) >= 11 is 0. The molecule has 3 rings (SSSR count). The molecule has 2 aliphatic rings. The normalized spacial score (nSPS) is 21.7. The zero-order chi connectivity index (χ0) is 17.6. The van der Waals surface area contributed by atoms with E-state index in [-0.39, 0.29) is 6.10 Å². The van der Waals surface area contributed by atoms with Crippen molar-refractivity contribution in [3.63, 3.8) is 0 Å². The molecule has 2 fully saturated rings. The van der Waals surface area contributed by atoms with Gasteiger partial charge in [0.15, 0.2) is 0 Å². The van der Waals surface area contributed by atoms with Crippen LogP contribution < -0.4 is 4.90 Å². The first-order valence-corrected chi connectivity index (χ1v) is 9.78. The fourth-order valence-electron chi connectivity index (χ4n) is 3.96. The van der Waals surface area contributed by atoms with Crippen LogP contribution >= 0.6 is 0 Å². The smallest absolute Gasteiger partial charge is 0.225 e. The minimum atomic E-state index is -0.299. The quantitative estimate of drug-likeness (QED) is 0.846. The number of hydrogen-bond acceptors (Lipinski definition) is 6. The molecule has 0 aromatic carbocycles. The number of nitrogens with zero attached hydrogens (tertiary/aromatic N) is 5. The number of piperazine rings is 1. The van der Waals surface area contributed by atoms with Gasteiger partial charge in [-0.3, -0.25) is 4.90 Å². The second kappa shape index (κ2) is 8.92. The topological polar surface area (TPSA) is 55.7 Å². The molecule has 1 atom stereocenters. The molecule has 1 aromatic rings. The van der Waals surface area contributed by atoms with E-state index in [1.165, 1.54) is 32.1 Å². The second-order valence-electron chi connectivity index (χ2n) is 7.75. The van der Waals surface area contributed by atoms with Gasteiger partial charge in [-0.25, -0.2) is 9.97 Å². The lowest BCUT2D eigenvalue weighted by atomic mass is 9.93. The Morgan fingerprint density at radius 2 is 1.76 bits per heavy atom. The first-order chi connectivity index (χ1) is 12.1. The van der Waals surface area contributed by atoms with Gasteiger partial charge in [0, 0.05) is 63.3 Å². The molecule has 1 N–H and O–H groups in total. The number of hydrogen-bond donors (Lipinski definition) is 1. The molecular formula is C19H33N5O. The van der Waals surface area contributed by atoms with Crippen LogP contribution in [0, 0.1) is 0 Å². The molecule has 6 nitrogen and oxygen atoms in total. The van der Waals surface area contributed by atoms with Gasteiger partial charge >= 0.3 is 0 Å². The zero-order valence-electron chi connectivity index (χ0n) is 15.8. The molecule has 0 amide bonds. The lowest BCUT2D eigenvalue weighted by Gasteiger charge is -2.35. The van der Waals surface area contributed by atoms with Crippen molar-refractivity contribution in [1.29, 1.82) is 0 Å². The van der Waals surface area contributed by atoms with Crippen molar-refractivity contribution in [3.05, 3.63) is 18.0 Å². The molecule has 1 saturated carbocycles. The summed E-state index contributed by atoms with van der Waals surface area (Å²) in [4.78, 5) is 16.3. The summed E-state index contributed by atoms with van der Waals surface area (Å²) in [6.07, 6.45) is 10.1. The average Bonchev–Trinajstić information content (AvgIpc) is 2.63. The van der Waals surface area contributed by atoms with Crippen LogP contribution in [0.5, 0.6) is 0 Å². The summed E-state index contributed by atoms with van der Waals surface area (Å²) in [6.45, 7) is 7.55. The molecule has 0 radical (unpaired) electrons. The Kier molecular flexibility index (Phi) is 6.62. The molecule has 1 saturated heterocycles. The summed E-state index contributed by atoms with van der Waals surface area (Å²) in [5.41, 5.74) is 1.14. The molecular weight excluding hydrogens is 314 g/mol. The monoisotopic (exact) mass is 347 g/mol.